The van der Waals surface area contributed by atoms with Crippen LogP contribution < -0.4 is 4.90 Å². The summed E-state index contributed by atoms with van der Waals surface area (Å²) in [5, 5.41) is 0. The molecule has 0 bridgehead atoms. The molecular formula is C18H29N3O. The van der Waals surface area contributed by atoms with Gasteiger partial charge in [-0.2, -0.15) is 0 Å². The van der Waals surface area contributed by atoms with Gasteiger partial charge >= 0.3 is 0 Å². The number of nitrogens with zero attached hydrogens (tertiary/aromatic N) is 3. The molecule has 2 aliphatic rings. The Kier molecular flexibility index (Phi) is 5.70. The van der Waals surface area contributed by atoms with Gasteiger partial charge in [0.15, 0.2) is 0 Å². The van der Waals surface area contributed by atoms with E-state index >= 15 is 0 Å². The summed E-state index contributed by atoms with van der Waals surface area (Å²) in [7, 11) is 2.19. The van der Waals surface area contributed by atoms with Gasteiger partial charge in [-0.15, -0.1) is 0 Å². The molecule has 0 atom stereocenters. The summed E-state index contributed by atoms with van der Waals surface area (Å²) in [6.45, 7) is 9.02. The van der Waals surface area contributed by atoms with Crippen LogP contribution in [0.1, 0.15) is 12.8 Å². The van der Waals surface area contributed by atoms with Crippen LogP contribution in [-0.2, 0) is 4.74 Å². The molecule has 4 heteroatoms. The van der Waals surface area contributed by atoms with Crippen molar-refractivity contribution >= 4 is 5.69 Å². The van der Waals surface area contributed by atoms with Crippen molar-refractivity contribution in [3.05, 3.63) is 30.3 Å². The largest absolute Gasteiger partial charge is 0.381 e. The van der Waals surface area contributed by atoms with Crippen molar-refractivity contribution in [2.45, 2.75) is 18.9 Å². The first-order valence-corrected chi connectivity index (χ1v) is 8.63. The number of hydrogen-bond donors (Lipinski definition) is 0. The Morgan fingerprint density at radius 3 is 2.41 bits per heavy atom. The van der Waals surface area contributed by atoms with E-state index in [1.807, 2.05) is 0 Å². The van der Waals surface area contributed by atoms with Crippen LogP contribution in [0.15, 0.2) is 30.3 Å². The van der Waals surface area contributed by atoms with Crippen LogP contribution in [0.2, 0.25) is 0 Å². The lowest BCUT2D eigenvalue weighted by atomic mass is 10.1. The molecule has 3 rings (SSSR count). The van der Waals surface area contributed by atoms with Gasteiger partial charge in [0.25, 0.3) is 0 Å². The van der Waals surface area contributed by atoms with Crippen molar-refractivity contribution in [2.24, 2.45) is 0 Å². The Bertz CT molecular complexity index is 425. The molecule has 22 heavy (non-hydrogen) atoms. The summed E-state index contributed by atoms with van der Waals surface area (Å²) in [6, 6.07) is 11.4. The van der Waals surface area contributed by atoms with E-state index in [1.54, 1.807) is 0 Å². The molecule has 0 radical (unpaired) electrons. The molecule has 0 spiro atoms. The van der Waals surface area contributed by atoms with Crippen molar-refractivity contribution in [3.63, 3.8) is 0 Å². The molecule has 1 aromatic rings. The van der Waals surface area contributed by atoms with E-state index in [0.29, 0.717) is 0 Å². The summed E-state index contributed by atoms with van der Waals surface area (Å²) >= 11 is 0. The molecule has 0 N–H and O–H groups in total. The van der Waals surface area contributed by atoms with Crippen LogP contribution in [0.3, 0.4) is 0 Å². The lowest BCUT2D eigenvalue weighted by molar-refractivity contribution is 0.0142. The normalized spacial score (nSPS) is 21.9. The van der Waals surface area contributed by atoms with E-state index in [4.69, 9.17) is 4.74 Å². The third-order valence-corrected chi connectivity index (χ3v) is 5.06. The van der Waals surface area contributed by atoms with Crippen molar-refractivity contribution < 1.29 is 4.74 Å². The van der Waals surface area contributed by atoms with Crippen molar-refractivity contribution in [3.8, 4) is 0 Å². The maximum atomic E-state index is 5.48. The number of rotatable bonds is 5. The van der Waals surface area contributed by atoms with E-state index in [1.165, 1.54) is 44.7 Å². The zero-order valence-corrected chi connectivity index (χ0v) is 13.8. The fourth-order valence-electron chi connectivity index (χ4n) is 3.51. The van der Waals surface area contributed by atoms with E-state index < -0.39 is 0 Å². The predicted molar refractivity (Wildman–Crippen MR) is 91.6 cm³/mol. The summed E-state index contributed by atoms with van der Waals surface area (Å²) in [5.41, 5.74) is 1.31. The van der Waals surface area contributed by atoms with Gasteiger partial charge in [0.1, 0.15) is 0 Å². The summed E-state index contributed by atoms with van der Waals surface area (Å²) < 4.78 is 5.48. The highest BCUT2D eigenvalue weighted by molar-refractivity contribution is 5.44. The third-order valence-electron chi connectivity index (χ3n) is 5.06. The average Bonchev–Trinajstić information content (AvgIpc) is 2.61. The summed E-state index contributed by atoms with van der Waals surface area (Å²) in [6.07, 6.45) is 2.44. The van der Waals surface area contributed by atoms with Gasteiger partial charge in [0.2, 0.25) is 0 Å². The molecular weight excluding hydrogens is 274 g/mol. The minimum atomic E-state index is 0.767. The zero-order chi connectivity index (χ0) is 15.2. The molecule has 4 nitrogen and oxygen atoms in total. The van der Waals surface area contributed by atoms with Crippen LogP contribution in [0.25, 0.3) is 0 Å². The van der Waals surface area contributed by atoms with Gasteiger partial charge in [-0.25, -0.2) is 0 Å². The number of benzene rings is 1. The van der Waals surface area contributed by atoms with Gasteiger partial charge in [-0.1, -0.05) is 18.2 Å². The fourth-order valence-corrected chi connectivity index (χ4v) is 3.51. The molecule has 1 aromatic carbocycles. The molecule has 2 saturated heterocycles. The Balaban J connectivity index is 1.38. The van der Waals surface area contributed by atoms with Gasteiger partial charge in [-0.05, 0) is 25.0 Å². The van der Waals surface area contributed by atoms with Crippen LogP contribution in [0.4, 0.5) is 5.69 Å². The number of piperazine rings is 1. The summed E-state index contributed by atoms with van der Waals surface area (Å²) in [5.74, 6) is 0. The topological polar surface area (TPSA) is 19.0 Å². The minimum Gasteiger partial charge on any atom is -0.381 e. The molecule has 0 amide bonds. The van der Waals surface area contributed by atoms with Gasteiger partial charge in [-0.3, -0.25) is 9.80 Å². The number of likely N-dealkylation sites (N-methyl/N-ethyl adjacent to an activating group) is 1. The van der Waals surface area contributed by atoms with Gasteiger partial charge < -0.3 is 9.64 Å². The first-order valence-electron chi connectivity index (χ1n) is 8.63. The van der Waals surface area contributed by atoms with E-state index in [0.717, 1.165) is 32.3 Å². The molecule has 0 saturated carbocycles. The molecule has 0 aliphatic carbocycles. The van der Waals surface area contributed by atoms with Crippen LogP contribution in [0.5, 0.6) is 0 Å². The predicted octanol–water partition coefficient (Wildman–Crippen LogP) is 1.92. The van der Waals surface area contributed by atoms with Crippen LogP contribution in [0, 0.1) is 0 Å². The maximum absolute atomic E-state index is 5.48. The van der Waals surface area contributed by atoms with E-state index in [9.17, 15) is 0 Å². The zero-order valence-electron chi connectivity index (χ0n) is 13.8. The van der Waals surface area contributed by atoms with Crippen molar-refractivity contribution in [2.75, 3.05) is 64.4 Å². The Hall–Kier alpha value is -1.10. The summed E-state index contributed by atoms with van der Waals surface area (Å²) in [4.78, 5) is 7.64. The number of ether oxygens (including phenoxy) is 1. The highest BCUT2D eigenvalue weighted by atomic mass is 16.5. The smallest absolute Gasteiger partial charge is 0.0480 e. The molecule has 2 heterocycles. The second-order valence-electron chi connectivity index (χ2n) is 6.48. The minimum absolute atomic E-state index is 0.767. The van der Waals surface area contributed by atoms with Gasteiger partial charge in [0.05, 0.1) is 0 Å². The van der Waals surface area contributed by atoms with E-state index in [2.05, 4.69) is 52.1 Å². The molecule has 2 fully saturated rings. The molecule has 0 unspecified atom stereocenters. The molecule has 0 aromatic heterocycles. The highest BCUT2D eigenvalue weighted by Gasteiger charge is 2.25. The van der Waals surface area contributed by atoms with Gasteiger partial charge in [0, 0.05) is 71.3 Å². The van der Waals surface area contributed by atoms with E-state index in [-0.39, 0.29) is 0 Å². The molecule has 122 valence electrons. The second-order valence-corrected chi connectivity index (χ2v) is 6.48. The van der Waals surface area contributed by atoms with Crippen molar-refractivity contribution in [1.82, 2.24) is 9.80 Å². The Labute approximate surface area is 134 Å². The highest BCUT2D eigenvalue weighted by Crippen LogP contribution is 2.16. The second kappa shape index (κ2) is 7.95. The van der Waals surface area contributed by atoms with Crippen LogP contribution >= 0.6 is 0 Å². The number of hydrogen-bond acceptors (Lipinski definition) is 4. The third kappa shape index (κ3) is 4.22. The monoisotopic (exact) mass is 303 g/mol. The Morgan fingerprint density at radius 2 is 1.73 bits per heavy atom. The quantitative estimate of drug-likeness (QED) is 0.827. The number of para-hydroxylation sites is 1. The first kappa shape index (κ1) is 15.8. The fraction of sp³-hybridized carbons (Fsp3) is 0.667. The SMILES string of the molecule is CN(CCN1CCN(C2CCOCC2)CC1)c1ccccc1. The van der Waals surface area contributed by atoms with Crippen LogP contribution in [-0.4, -0.2) is 75.4 Å². The maximum Gasteiger partial charge on any atom is 0.0480 e. The standard InChI is InChI=1S/C18H29N3O/c1-19(17-5-3-2-4-6-17)9-10-20-11-13-21(14-12-20)18-7-15-22-16-8-18/h2-6,18H,7-16H2,1H3. The number of anilines is 1. The lowest BCUT2D eigenvalue weighted by Gasteiger charge is -2.41. The first-order chi connectivity index (χ1) is 10.8. The lowest BCUT2D eigenvalue weighted by Crippen LogP contribution is -2.52. The molecule has 2 aliphatic heterocycles. The van der Waals surface area contributed by atoms with Crippen molar-refractivity contribution in [1.29, 1.82) is 0 Å². The average molecular weight is 303 g/mol. The Morgan fingerprint density at radius 1 is 1.05 bits per heavy atom.